The van der Waals surface area contributed by atoms with Crippen molar-refractivity contribution in [1.82, 2.24) is 9.78 Å². The number of carbonyl (C=O) groups excluding carboxylic acids is 1. The van der Waals surface area contributed by atoms with Gasteiger partial charge in [0.15, 0.2) is 5.78 Å². The number of carbonyl (C=O) groups is 1. The summed E-state index contributed by atoms with van der Waals surface area (Å²) in [6.07, 6.45) is 0.227. The number of hydrogen-bond donors (Lipinski definition) is 1. The van der Waals surface area contributed by atoms with Gasteiger partial charge in [0.2, 0.25) is 10.0 Å². The topological polar surface area (TPSA) is 81.1 Å². The minimum absolute atomic E-state index is 0.0588. The van der Waals surface area contributed by atoms with Crippen LogP contribution in [0.2, 0.25) is 5.02 Å². The monoisotopic (exact) mass is 547 g/mol. The number of para-hydroxylation sites is 1. The molecule has 0 aliphatic heterocycles. The molecule has 0 aliphatic rings. The van der Waals surface area contributed by atoms with Crippen LogP contribution in [0.15, 0.2) is 97.1 Å². The third kappa shape index (κ3) is 5.61. The molecule has 0 atom stereocenters. The molecule has 6 nitrogen and oxygen atoms in total. The molecule has 0 radical (unpaired) electrons. The summed E-state index contributed by atoms with van der Waals surface area (Å²) < 4.78 is 42.6. The maximum atomic E-state index is 13.6. The lowest BCUT2D eigenvalue weighted by Crippen LogP contribution is -2.17. The van der Waals surface area contributed by atoms with Crippen molar-refractivity contribution in [2.45, 2.75) is 12.8 Å². The lowest BCUT2D eigenvalue weighted by molar-refractivity contribution is 0.0982. The van der Waals surface area contributed by atoms with Crippen molar-refractivity contribution in [3.05, 3.63) is 113 Å². The van der Waals surface area contributed by atoms with Crippen LogP contribution in [0.1, 0.15) is 23.2 Å². The van der Waals surface area contributed by atoms with Gasteiger partial charge in [0.25, 0.3) is 0 Å². The Hall–Kier alpha value is -4.01. The standard InChI is InChI=1S/C29H23ClFN3O3S/c30-26-10-5-4-9-24(26)29-25-17-12-20(19-27(25)34(32-29)23-15-13-21(31)14-16-23)28(35)11-6-18-38(36,37)33-22-7-2-1-3-8-22/h1-5,7-10,12-17,19,33H,6,11,18H2. The maximum absolute atomic E-state index is 13.6. The number of aromatic nitrogens is 2. The van der Waals surface area contributed by atoms with E-state index >= 15 is 0 Å². The normalized spacial score (nSPS) is 11.5. The first-order valence-electron chi connectivity index (χ1n) is 11.9. The Morgan fingerprint density at radius 3 is 2.37 bits per heavy atom. The minimum atomic E-state index is -3.58. The van der Waals surface area contributed by atoms with Crippen LogP contribution in [0.25, 0.3) is 27.8 Å². The van der Waals surface area contributed by atoms with E-state index in [-0.39, 0.29) is 30.2 Å². The van der Waals surface area contributed by atoms with E-state index in [0.717, 1.165) is 10.9 Å². The number of rotatable bonds is 9. The Labute approximate surface area is 224 Å². The number of ketones is 1. The van der Waals surface area contributed by atoms with E-state index in [9.17, 15) is 17.6 Å². The molecular formula is C29H23ClFN3O3S. The predicted octanol–water partition coefficient (Wildman–Crippen LogP) is 6.89. The molecule has 0 saturated heterocycles. The van der Waals surface area contributed by atoms with Crippen molar-refractivity contribution in [2.75, 3.05) is 10.5 Å². The van der Waals surface area contributed by atoms with Gasteiger partial charge < -0.3 is 0 Å². The van der Waals surface area contributed by atoms with Crippen molar-refractivity contribution in [2.24, 2.45) is 0 Å². The second-order valence-corrected chi connectivity index (χ2v) is 11.0. The molecule has 0 aliphatic carbocycles. The lowest BCUT2D eigenvalue weighted by atomic mass is 10.0. The SMILES string of the molecule is O=C(CCCS(=O)(=O)Nc1ccccc1)c1ccc2c(-c3ccccc3Cl)nn(-c3ccc(F)cc3)c2c1. The van der Waals surface area contributed by atoms with Gasteiger partial charge in [-0.05, 0) is 61.0 Å². The smallest absolute Gasteiger partial charge is 0.232 e. The van der Waals surface area contributed by atoms with Gasteiger partial charge in [-0.15, -0.1) is 0 Å². The number of Topliss-reactive ketones (excluding diaryl/α,β-unsaturated/α-hetero) is 1. The summed E-state index contributed by atoms with van der Waals surface area (Å²) in [7, 11) is -3.58. The van der Waals surface area contributed by atoms with E-state index in [1.54, 1.807) is 65.3 Å². The number of nitrogens with one attached hydrogen (secondary N) is 1. The molecule has 1 heterocycles. The van der Waals surface area contributed by atoms with Gasteiger partial charge in [-0.1, -0.05) is 54.1 Å². The molecule has 0 spiro atoms. The molecule has 5 rings (SSSR count). The molecule has 192 valence electrons. The Morgan fingerprint density at radius 2 is 1.63 bits per heavy atom. The lowest BCUT2D eigenvalue weighted by Gasteiger charge is -2.08. The predicted molar refractivity (Wildman–Crippen MR) is 149 cm³/mol. The van der Waals surface area contributed by atoms with Gasteiger partial charge in [-0.3, -0.25) is 9.52 Å². The second-order valence-electron chi connectivity index (χ2n) is 8.76. The van der Waals surface area contributed by atoms with Crippen LogP contribution in [-0.2, 0) is 10.0 Å². The van der Waals surface area contributed by atoms with Gasteiger partial charge >= 0.3 is 0 Å². The molecule has 1 aromatic heterocycles. The minimum Gasteiger partial charge on any atom is -0.294 e. The van der Waals surface area contributed by atoms with Crippen molar-refractivity contribution in [3.8, 4) is 16.9 Å². The first kappa shape index (κ1) is 25.6. The number of nitrogens with zero attached hydrogens (tertiary/aromatic N) is 2. The highest BCUT2D eigenvalue weighted by molar-refractivity contribution is 7.92. The fourth-order valence-electron chi connectivity index (χ4n) is 4.22. The third-order valence-electron chi connectivity index (χ3n) is 6.07. The summed E-state index contributed by atoms with van der Waals surface area (Å²) in [6, 6.07) is 27.1. The molecule has 38 heavy (non-hydrogen) atoms. The summed E-state index contributed by atoms with van der Waals surface area (Å²) in [4.78, 5) is 13.0. The summed E-state index contributed by atoms with van der Waals surface area (Å²) in [6.45, 7) is 0. The number of fused-ring (bicyclic) bond motifs is 1. The molecule has 0 amide bonds. The molecule has 0 bridgehead atoms. The molecule has 9 heteroatoms. The van der Waals surface area contributed by atoms with Crippen LogP contribution in [0.4, 0.5) is 10.1 Å². The highest BCUT2D eigenvalue weighted by Crippen LogP contribution is 2.34. The van der Waals surface area contributed by atoms with Crippen LogP contribution in [-0.4, -0.2) is 29.7 Å². The van der Waals surface area contributed by atoms with Gasteiger partial charge in [0.05, 0.1) is 22.0 Å². The van der Waals surface area contributed by atoms with Crippen LogP contribution < -0.4 is 4.72 Å². The van der Waals surface area contributed by atoms with Gasteiger partial charge in [0.1, 0.15) is 11.5 Å². The zero-order chi connectivity index (χ0) is 26.7. The molecule has 4 aromatic carbocycles. The number of benzene rings is 4. The molecule has 1 N–H and O–H groups in total. The summed E-state index contributed by atoms with van der Waals surface area (Å²) in [5, 5.41) is 6.07. The Balaban J connectivity index is 1.42. The van der Waals surface area contributed by atoms with Gasteiger partial charge in [-0.25, -0.2) is 17.5 Å². The fourth-order valence-corrected chi connectivity index (χ4v) is 5.57. The third-order valence-corrected chi connectivity index (χ3v) is 7.77. The average molecular weight is 548 g/mol. The molecule has 0 unspecified atom stereocenters. The van der Waals surface area contributed by atoms with Crippen LogP contribution in [0.5, 0.6) is 0 Å². The summed E-state index contributed by atoms with van der Waals surface area (Å²) in [5.41, 5.74) is 3.54. The molecular weight excluding hydrogens is 525 g/mol. The van der Waals surface area contributed by atoms with Crippen LogP contribution in [0, 0.1) is 5.82 Å². The van der Waals surface area contributed by atoms with Crippen LogP contribution >= 0.6 is 11.6 Å². The molecule has 0 saturated carbocycles. The zero-order valence-electron chi connectivity index (χ0n) is 20.1. The maximum Gasteiger partial charge on any atom is 0.232 e. The van der Waals surface area contributed by atoms with Crippen LogP contribution in [0.3, 0.4) is 0 Å². The summed E-state index contributed by atoms with van der Waals surface area (Å²) in [5.74, 6) is -0.739. The fraction of sp³-hybridized carbons (Fsp3) is 0.103. The van der Waals surface area contributed by atoms with E-state index < -0.39 is 10.0 Å². The quantitative estimate of drug-likeness (QED) is 0.204. The Morgan fingerprint density at radius 1 is 0.921 bits per heavy atom. The number of sulfonamides is 1. The molecule has 5 aromatic rings. The van der Waals surface area contributed by atoms with E-state index in [1.165, 1.54) is 12.1 Å². The van der Waals surface area contributed by atoms with Crippen molar-refractivity contribution >= 4 is 44.0 Å². The largest absolute Gasteiger partial charge is 0.294 e. The van der Waals surface area contributed by atoms with Crippen molar-refractivity contribution < 1.29 is 17.6 Å². The highest BCUT2D eigenvalue weighted by atomic mass is 35.5. The van der Waals surface area contributed by atoms with E-state index in [4.69, 9.17) is 16.7 Å². The van der Waals surface area contributed by atoms with Gasteiger partial charge in [0, 0.05) is 28.6 Å². The van der Waals surface area contributed by atoms with E-state index in [2.05, 4.69) is 4.72 Å². The Bertz CT molecular complexity index is 1720. The van der Waals surface area contributed by atoms with E-state index in [1.807, 2.05) is 24.3 Å². The molecule has 0 fully saturated rings. The average Bonchev–Trinajstić information content (AvgIpc) is 3.28. The summed E-state index contributed by atoms with van der Waals surface area (Å²) >= 11 is 6.45. The number of anilines is 1. The number of hydrogen-bond acceptors (Lipinski definition) is 4. The zero-order valence-corrected chi connectivity index (χ0v) is 21.7. The first-order chi connectivity index (χ1) is 18.3. The van der Waals surface area contributed by atoms with E-state index in [0.29, 0.717) is 33.2 Å². The number of halogens is 2. The van der Waals surface area contributed by atoms with Crippen molar-refractivity contribution in [1.29, 1.82) is 0 Å². The van der Waals surface area contributed by atoms with Crippen molar-refractivity contribution in [3.63, 3.8) is 0 Å². The second kappa shape index (κ2) is 10.8. The first-order valence-corrected chi connectivity index (χ1v) is 14.0. The van der Waals surface area contributed by atoms with Gasteiger partial charge in [-0.2, -0.15) is 5.10 Å². The Kier molecular flexibility index (Phi) is 7.26. The highest BCUT2D eigenvalue weighted by Gasteiger charge is 2.19.